The summed E-state index contributed by atoms with van der Waals surface area (Å²) in [7, 11) is 0. The highest BCUT2D eigenvalue weighted by molar-refractivity contribution is 5.85. The van der Waals surface area contributed by atoms with E-state index < -0.39 is 0 Å². The number of aryl methyl sites for hydroxylation is 1. The quantitative estimate of drug-likeness (QED) is 0.869. The van der Waals surface area contributed by atoms with Gasteiger partial charge in [-0.05, 0) is 49.6 Å². The standard InChI is InChI=1S/C18H19FN2O.ClH/c1-11-2-3-16(19)15(4-11)13-6-17-14-5-12(8-20-9-14)10-21(17)18(22)7-13;/h2-4,6-7,12,14,20H,5,8-10H2,1H3;1H/t12-,14+;/m0./s1. The first-order valence-corrected chi connectivity index (χ1v) is 7.84. The molecule has 2 aliphatic heterocycles. The third-order valence-corrected chi connectivity index (χ3v) is 4.89. The largest absolute Gasteiger partial charge is 0.316 e. The van der Waals surface area contributed by atoms with E-state index in [9.17, 15) is 9.18 Å². The first-order chi connectivity index (χ1) is 10.6. The molecule has 1 saturated heterocycles. The number of nitrogens with one attached hydrogen (secondary N) is 1. The summed E-state index contributed by atoms with van der Waals surface area (Å²) in [4.78, 5) is 12.5. The Morgan fingerprint density at radius 3 is 2.87 bits per heavy atom. The van der Waals surface area contributed by atoms with Gasteiger partial charge in [0.1, 0.15) is 5.82 Å². The molecule has 0 radical (unpaired) electrons. The van der Waals surface area contributed by atoms with Crippen LogP contribution in [0.15, 0.2) is 35.1 Å². The van der Waals surface area contributed by atoms with Crippen molar-refractivity contribution in [1.29, 1.82) is 0 Å². The topological polar surface area (TPSA) is 34.0 Å². The Labute approximate surface area is 140 Å². The molecule has 0 aliphatic carbocycles. The van der Waals surface area contributed by atoms with Crippen LogP contribution < -0.4 is 10.9 Å². The van der Waals surface area contributed by atoms with E-state index >= 15 is 0 Å². The Morgan fingerprint density at radius 2 is 2.04 bits per heavy atom. The van der Waals surface area contributed by atoms with E-state index in [4.69, 9.17) is 0 Å². The minimum absolute atomic E-state index is 0. The maximum atomic E-state index is 14.2. The maximum absolute atomic E-state index is 14.2. The van der Waals surface area contributed by atoms with Crippen LogP contribution in [0.1, 0.15) is 23.6 Å². The second-order valence-electron chi connectivity index (χ2n) is 6.56. The van der Waals surface area contributed by atoms with Crippen LogP contribution in [0.5, 0.6) is 0 Å². The molecule has 1 N–H and O–H groups in total. The van der Waals surface area contributed by atoms with Gasteiger partial charge in [0.25, 0.3) is 5.56 Å². The molecule has 3 nitrogen and oxygen atoms in total. The highest BCUT2D eigenvalue weighted by Crippen LogP contribution is 2.34. The first kappa shape index (κ1) is 16.2. The van der Waals surface area contributed by atoms with Gasteiger partial charge in [0.05, 0.1) is 0 Å². The van der Waals surface area contributed by atoms with Crippen LogP contribution in [0.3, 0.4) is 0 Å². The average Bonchev–Trinajstić information content (AvgIpc) is 2.51. The summed E-state index contributed by atoms with van der Waals surface area (Å²) in [6.45, 7) is 4.59. The number of rotatable bonds is 1. The zero-order valence-corrected chi connectivity index (χ0v) is 13.8. The van der Waals surface area contributed by atoms with E-state index in [1.54, 1.807) is 12.1 Å². The van der Waals surface area contributed by atoms with Crippen LogP contribution in [0, 0.1) is 18.7 Å². The zero-order valence-electron chi connectivity index (χ0n) is 13.0. The molecule has 1 fully saturated rings. The smallest absolute Gasteiger partial charge is 0.251 e. The number of hydrogen-bond acceptors (Lipinski definition) is 2. The van der Waals surface area contributed by atoms with Crippen molar-refractivity contribution in [3.05, 3.63) is 57.8 Å². The van der Waals surface area contributed by atoms with Gasteiger partial charge in [-0.3, -0.25) is 4.79 Å². The zero-order chi connectivity index (χ0) is 15.3. The highest BCUT2D eigenvalue weighted by atomic mass is 35.5. The van der Waals surface area contributed by atoms with Gasteiger partial charge in [-0.15, -0.1) is 12.4 Å². The summed E-state index contributed by atoms with van der Waals surface area (Å²) in [5, 5.41) is 3.44. The van der Waals surface area contributed by atoms with Crippen molar-refractivity contribution in [2.24, 2.45) is 5.92 Å². The monoisotopic (exact) mass is 334 g/mol. The minimum Gasteiger partial charge on any atom is -0.316 e. The number of hydrogen-bond donors (Lipinski definition) is 1. The molecule has 0 unspecified atom stereocenters. The summed E-state index contributed by atoms with van der Waals surface area (Å²) >= 11 is 0. The van der Waals surface area contributed by atoms with Crippen molar-refractivity contribution in [3.8, 4) is 11.1 Å². The molecule has 1 aromatic heterocycles. The fraction of sp³-hybridized carbons (Fsp3) is 0.389. The lowest BCUT2D eigenvalue weighted by atomic mass is 9.83. The van der Waals surface area contributed by atoms with E-state index in [1.807, 2.05) is 23.6 Å². The molecule has 2 atom stereocenters. The lowest BCUT2D eigenvalue weighted by Crippen LogP contribution is -2.44. The Hall–Kier alpha value is -1.65. The van der Waals surface area contributed by atoms with Crippen LogP contribution >= 0.6 is 12.4 Å². The van der Waals surface area contributed by atoms with E-state index in [0.29, 0.717) is 23.0 Å². The van der Waals surface area contributed by atoms with Crippen LogP contribution in [0.25, 0.3) is 11.1 Å². The predicted molar refractivity (Wildman–Crippen MR) is 91.8 cm³/mol. The number of benzene rings is 1. The van der Waals surface area contributed by atoms with Gasteiger partial charge >= 0.3 is 0 Å². The van der Waals surface area contributed by atoms with E-state index in [-0.39, 0.29) is 23.8 Å². The number of halogens is 2. The Morgan fingerprint density at radius 1 is 1.22 bits per heavy atom. The van der Waals surface area contributed by atoms with E-state index in [2.05, 4.69) is 5.32 Å². The van der Waals surface area contributed by atoms with Gasteiger partial charge in [-0.25, -0.2) is 4.39 Å². The maximum Gasteiger partial charge on any atom is 0.251 e. The van der Waals surface area contributed by atoms with Crippen molar-refractivity contribution in [3.63, 3.8) is 0 Å². The number of fused-ring (bicyclic) bond motifs is 4. The molecule has 5 heteroatoms. The van der Waals surface area contributed by atoms with Gasteiger partial charge in [0.2, 0.25) is 0 Å². The number of nitrogens with zero attached hydrogens (tertiary/aromatic N) is 1. The normalized spacial score (nSPS) is 22.2. The lowest BCUT2D eigenvalue weighted by molar-refractivity contribution is 0.257. The molecule has 0 saturated carbocycles. The number of pyridine rings is 1. The molecule has 0 amide bonds. The lowest BCUT2D eigenvalue weighted by Gasteiger charge is -2.37. The minimum atomic E-state index is -0.273. The predicted octanol–water partition coefficient (Wildman–Crippen LogP) is 3.09. The molecule has 4 rings (SSSR count). The molecule has 1 aromatic carbocycles. The fourth-order valence-electron chi connectivity index (χ4n) is 3.82. The summed E-state index contributed by atoms with van der Waals surface area (Å²) < 4.78 is 16.0. The molecule has 2 aromatic rings. The van der Waals surface area contributed by atoms with Crippen molar-refractivity contribution >= 4 is 12.4 Å². The molecule has 2 aliphatic rings. The molecule has 0 spiro atoms. The Kier molecular flexibility index (Phi) is 4.30. The van der Waals surface area contributed by atoms with E-state index in [1.165, 1.54) is 6.07 Å². The van der Waals surface area contributed by atoms with Crippen molar-refractivity contribution < 1.29 is 4.39 Å². The van der Waals surface area contributed by atoms with Crippen molar-refractivity contribution in [2.75, 3.05) is 13.1 Å². The highest BCUT2D eigenvalue weighted by Gasteiger charge is 2.31. The van der Waals surface area contributed by atoms with Crippen molar-refractivity contribution in [2.45, 2.75) is 25.8 Å². The summed E-state index contributed by atoms with van der Waals surface area (Å²) in [6, 6.07) is 8.62. The van der Waals surface area contributed by atoms with E-state index in [0.717, 1.165) is 37.3 Å². The third kappa shape index (κ3) is 2.81. The summed E-state index contributed by atoms with van der Waals surface area (Å²) in [6.07, 6.45) is 1.12. The second kappa shape index (κ2) is 6.10. The molecule has 3 heterocycles. The Balaban J connectivity index is 0.00000156. The van der Waals surface area contributed by atoms with Gasteiger partial charge in [-0.2, -0.15) is 0 Å². The van der Waals surface area contributed by atoms with Crippen molar-refractivity contribution in [1.82, 2.24) is 9.88 Å². The fourth-order valence-corrected chi connectivity index (χ4v) is 3.82. The van der Waals surface area contributed by atoms with Crippen LogP contribution in [-0.2, 0) is 6.54 Å². The van der Waals surface area contributed by atoms with Gasteiger partial charge in [-0.1, -0.05) is 11.6 Å². The summed E-state index contributed by atoms with van der Waals surface area (Å²) in [5.74, 6) is 0.615. The van der Waals surface area contributed by atoms with Crippen LogP contribution in [-0.4, -0.2) is 17.7 Å². The van der Waals surface area contributed by atoms with Gasteiger partial charge in [0, 0.05) is 36.3 Å². The molecular weight excluding hydrogens is 315 g/mol. The van der Waals surface area contributed by atoms with Crippen LogP contribution in [0.4, 0.5) is 4.39 Å². The number of piperidine rings is 1. The molecule has 122 valence electrons. The average molecular weight is 335 g/mol. The van der Waals surface area contributed by atoms with Gasteiger partial charge in [0.15, 0.2) is 0 Å². The van der Waals surface area contributed by atoms with Crippen LogP contribution in [0.2, 0.25) is 0 Å². The summed E-state index contributed by atoms with van der Waals surface area (Å²) in [5.41, 5.74) is 3.25. The molecular formula is C18H20ClFN2O. The molecule has 2 bridgehead atoms. The van der Waals surface area contributed by atoms with Gasteiger partial charge < -0.3 is 9.88 Å². The number of aromatic nitrogens is 1. The third-order valence-electron chi connectivity index (χ3n) is 4.89. The Bertz CT molecular complexity index is 802. The second-order valence-corrected chi connectivity index (χ2v) is 6.56. The SMILES string of the molecule is Cc1ccc(F)c(-c2cc3n(c(=O)c2)C[C@@H]2CNC[C@H]3C2)c1.Cl. The molecule has 23 heavy (non-hydrogen) atoms. The first-order valence-electron chi connectivity index (χ1n) is 7.84.